The predicted molar refractivity (Wildman–Crippen MR) is 117 cm³/mol. The summed E-state index contributed by atoms with van der Waals surface area (Å²) in [6, 6.07) is 7.52. The van der Waals surface area contributed by atoms with Crippen molar-refractivity contribution in [3.63, 3.8) is 0 Å². The monoisotopic (exact) mass is 398 g/mol. The van der Waals surface area contributed by atoms with Crippen molar-refractivity contribution < 1.29 is 5.11 Å². The number of hydrogen-bond donors (Lipinski definition) is 4. The second-order valence-corrected chi connectivity index (χ2v) is 8.65. The van der Waals surface area contributed by atoms with Gasteiger partial charge < -0.3 is 31.7 Å². The van der Waals surface area contributed by atoms with Crippen LogP contribution >= 0.6 is 0 Å². The molecule has 1 atom stereocenters. The highest BCUT2D eigenvalue weighted by Gasteiger charge is 2.33. The normalized spacial score (nSPS) is 25.1. The lowest BCUT2D eigenvalue weighted by Gasteiger charge is -2.47. The molecule has 0 aliphatic carbocycles. The van der Waals surface area contributed by atoms with Gasteiger partial charge in [0, 0.05) is 44.0 Å². The fraction of sp³-hybridized carbons (Fsp3) is 0.545. The first kappa shape index (κ1) is 19.9. The lowest BCUT2D eigenvalue weighted by Crippen LogP contribution is -2.60. The fourth-order valence-corrected chi connectivity index (χ4v) is 4.76. The third-order valence-electron chi connectivity index (χ3n) is 6.54. The van der Waals surface area contributed by atoms with Gasteiger partial charge in [-0.1, -0.05) is 12.1 Å². The minimum atomic E-state index is 0.184. The van der Waals surface area contributed by atoms with Crippen molar-refractivity contribution in [3.8, 4) is 5.75 Å². The van der Waals surface area contributed by atoms with Crippen LogP contribution in [0.2, 0.25) is 0 Å². The van der Waals surface area contributed by atoms with Crippen LogP contribution in [0.1, 0.15) is 18.4 Å². The quantitative estimate of drug-likeness (QED) is 0.595. The van der Waals surface area contributed by atoms with Crippen LogP contribution in [-0.2, 0) is 0 Å². The summed E-state index contributed by atoms with van der Waals surface area (Å²) in [7, 11) is 2.22. The van der Waals surface area contributed by atoms with E-state index in [0.717, 1.165) is 37.8 Å². The first-order valence-corrected chi connectivity index (χ1v) is 10.7. The Labute approximate surface area is 173 Å². The maximum atomic E-state index is 10.1. The molecule has 7 heteroatoms. The molecule has 3 aliphatic rings. The van der Waals surface area contributed by atoms with Crippen LogP contribution in [0.25, 0.3) is 5.70 Å². The predicted octanol–water partition coefficient (Wildman–Crippen LogP) is 0.751. The van der Waals surface area contributed by atoms with Crippen LogP contribution in [-0.4, -0.2) is 78.7 Å². The summed E-state index contributed by atoms with van der Waals surface area (Å²) in [5.41, 5.74) is 14.7. The molecular weight excluding hydrogens is 364 g/mol. The number of nitrogens with one attached hydrogen (secondary N) is 1. The van der Waals surface area contributed by atoms with Gasteiger partial charge in [0.1, 0.15) is 11.6 Å². The van der Waals surface area contributed by atoms with E-state index in [1.165, 1.54) is 32.5 Å². The maximum Gasteiger partial charge on any atom is 0.124 e. The smallest absolute Gasteiger partial charge is 0.124 e. The molecule has 0 saturated carbocycles. The molecule has 0 spiro atoms. The summed E-state index contributed by atoms with van der Waals surface area (Å²) in [6.07, 6.45) is 4.51. The van der Waals surface area contributed by atoms with Gasteiger partial charge in [0.15, 0.2) is 0 Å². The topological polar surface area (TPSA) is 94.0 Å². The number of phenolic OH excluding ortho intramolecular Hbond substituents is 1. The highest BCUT2D eigenvalue weighted by molar-refractivity contribution is 5.70. The molecule has 0 radical (unpaired) electrons. The minimum Gasteiger partial charge on any atom is -0.507 e. The van der Waals surface area contributed by atoms with Crippen LogP contribution < -0.4 is 16.8 Å². The zero-order chi connectivity index (χ0) is 20.4. The van der Waals surface area contributed by atoms with E-state index < -0.39 is 0 Å². The molecule has 158 valence electrons. The molecule has 3 heterocycles. The third kappa shape index (κ3) is 4.46. The van der Waals surface area contributed by atoms with Crippen molar-refractivity contribution in [2.45, 2.75) is 18.9 Å². The first-order chi connectivity index (χ1) is 14.0. The lowest BCUT2D eigenvalue weighted by atomic mass is 9.95. The largest absolute Gasteiger partial charge is 0.507 e. The van der Waals surface area contributed by atoms with Crippen molar-refractivity contribution in [3.05, 3.63) is 47.4 Å². The van der Waals surface area contributed by atoms with E-state index in [1.54, 1.807) is 12.1 Å². The number of nitrogens with two attached hydrogens (primary N) is 2. The van der Waals surface area contributed by atoms with Crippen LogP contribution in [0, 0.1) is 5.92 Å². The number of fused-ring (bicyclic) bond motifs is 1. The van der Waals surface area contributed by atoms with Crippen molar-refractivity contribution in [1.82, 2.24) is 20.0 Å². The molecule has 0 bridgehead atoms. The van der Waals surface area contributed by atoms with Crippen LogP contribution in [0.4, 0.5) is 0 Å². The molecule has 6 N–H and O–H groups in total. The highest BCUT2D eigenvalue weighted by atomic mass is 16.3. The van der Waals surface area contributed by atoms with Gasteiger partial charge in [0.2, 0.25) is 0 Å². The summed E-state index contributed by atoms with van der Waals surface area (Å²) < 4.78 is 0. The molecule has 1 aromatic rings. The number of nitrogens with zero attached hydrogens (tertiary/aromatic N) is 3. The zero-order valence-electron chi connectivity index (χ0n) is 17.3. The number of allylic oxidation sites excluding steroid dienone is 1. The highest BCUT2D eigenvalue weighted by Crippen LogP contribution is 2.27. The molecule has 0 amide bonds. The molecular formula is C22H34N6O. The Morgan fingerprint density at radius 2 is 1.97 bits per heavy atom. The van der Waals surface area contributed by atoms with Gasteiger partial charge in [-0.2, -0.15) is 0 Å². The van der Waals surface area contributed by atoms with E-state index in [1.807, 2.05) is 18.2 Å². The van der Waals surface area contributed by atoms with E-state index >= 15 is 0 Å². The Kier molecular flexibility index (Phi) is 5.87. The Morgan fingerprint density at radius 3 is 2.72 bits per heavy atom. The Balaban J connectivity index is 1.44. The maximum absolute atomic E-state index is 10.1. The van der Waals surface area contributed by atoms with E-state index in [4.69, 9.17) is 11.5 Å². The van der Waals surface area contributed by atoms with Crippen molar-refractivity contribution in [1.29, 1.82) is 0 Å². The molecule has 3 aliphatic heterocycles. The molecule has 1 aromatic carbocycles. The van der Waals surface area contributed by atoms with Crippen LogP contribution in [0.15, 0.2) is 41.9 Å². The van der Waals surface area contributed by atoms with Gasteiger partial charge in [-0.05, 0) is 57.1 Å². The van der Waals surface area contributed by atoms with Crippen molar-refractivity contribution in [2.75, 3.05) is 52.9 Å². The standard InChI is InChI=1S/C22H34N6O/c1-26-8-6-16(7-9-26)14-27-10-11-28-17(15-27)13-25-22(24)20(28)12-19(23)18-4-2-3-5-21(18)29/h2-5,12,16-17,25,29H,6-11,13-15,23-24H2,1H3/b19-12-. The van der Waals surface area contributed by atoms with Crippen LogP contribution in [0.5, 0.6) is 5.75 Å². The van der Waals surface area contributed by atoms with E-state index in [9.17, 15) is 5.11 Å². The third-order valence-corrected chi connectivity index (χ3v) is 6.54. The fourth-order valence-electron chi connectivity index (χ4n) is 4.76. The summed E-state index contributed by atoms with van der Waals surface area (Å²) in [6.45, 7) is 7.51. The van der Waals surface area contributed by atoms with Gasteiger partial charge in [-0.15, -0.1) is 0 Å². The second-order valence-electron chi connectivity index (χ2n) is 8.65. The number of para-hydroxylation sites is 1. The number of rotatable bonds is 4. The van der Waals surface area contributed by atoms with Gasteiger partial charge in [0.05, 0.1) is 11.7 Å². The molecule has 2 saturated heterocycles. The molecule has 0 aromatic heterocycles. The van der Waals surface area contributed by atoms with Gasteiger partial charge in [-0.25, -0.2) is 0 Å². The Hall–Kier alpha value is -2.38. The summed E-state index contributed by atoms with van der Waals surface area (Å²) in [4.78, 5) is 7.43. The van der Waals surface area contributed by atoms with E-state index in [-0.39, 0.29) is 5.75 Å². The van der Waals surface area contributed by atoms with Gasteiger partial charge in [-0.3, -0.25) is 4.90 Å². The average Bonchev–Trinajstić information content (AvgIpc) is 2.72. The number of phenols is 1. The molecule has 2 fully saturated rings. The number of piperazine rings is 1. The van der Waals surface area contributed by atoms with Crippen LogP contribution in [0.3, 0.4) is 0 Å². The molecule has 7 nitrogen and oxygen atoms in total. The summed E-state index contributed by atoms with van der Waals surface area (Å²) in [5.74, 6) is 1.65. The second kappa shape index (κ2) is 8.55. The number of piperidine rings is 1. The molecule has 4 rings (SSSR count). The number of hydrogen-bond acceptors (Lipinski definition) is 7. The van der Waals surface area contributed by atoms with Gasteiger partial charge >= 0.3 is 0 Å². The Morgan fingerprint density at radius 1 is 1.21 bits per heavy atom. The lowest BCUT2D eigenvalue weighted by molar-refractivity contribution is 0.0723. The SMILES string of the molecule is CN1CCC(CN2CCN3C(/C=C(\N)c4ccccc4O)=C(N)NCC3C2)CC1. The Bertz CT molecular complexity index is 783. The van der Waals surface area contributed by atoms with E-state index in [2.05, 4.69) is 27.1 Å². The van der Waals surface area contributed by atoms with Crippen molar-refractivity contribution in [2.24, 2.45) is 17.4 Å². The average molecular weight is 399 g/mol. The van der Waals surface area contributed by atoms with Gasteiger partial charge in [0.25, 0.3) is 0 Å². The number of aromatic hydroxyl groups is 1. The number of benzene rings is 1. The minimum absolute atomic E-state index is 0.184. The molecule has 1 unspecified atom stereocenters. The zero-order valence-corrected chi connectivity index (χ0v) is 17.3. The van der Waals surface area contributed by atoms with Crippen molar-refractivity contribution >= 4 is 5.70 Å². The first-order valence-electron chi connectivity index (χ1n) is 10.7. The summed E-state index contributed by atoms with van der Waals surface area (Å²) >= 11 is 0. The summed E-state index contributed by atoms with van der Waals surface area (Å²) in [5, 5.41) is 13.5. The number of likely N-dealkylation sites (tertiary alicyclic amines) is 1. The van der Waals surface area contributed by atoms with E-state index in [0.29, 0.717) is 23.1 Å². The molecule has 29 heavy (non-hydrogen) atoms.